The van der Waals surface area contributed by atoms with Crippen LogP contribution < -0.4 is 20.5 Å². The fraction of sp³-hybridized carbons (Fsp3) is 0.125. The lowest BCUT2D eigenvalue weighted by Gasteiger charge is -2.11. The van der Waals surface area contributed by atoms with E-state index in [1.54, 1.807) is 42.5 Å². The molecule has 0 unspecified atom stereocenters. The molecule has 3 N–H and O–H groups in total. The Morgan fingerprint density at radius 2 is 1.91 bits per heavy atom. The van der Waals surface area contributed by atoms with Crippen molar-refractivity contribution in [1.29, 1.82) is 0 Å². The molecule has 0 bridgehead atoms. The van der Waals surface area contributed by atoms with Crippen LogP contribution in [0.25, 0.3) is 0 Å². The van der Waals surface area contributed by atoms with E-state index in [-0.39, 0.29) is 19.1 Å². The zero-order valence-corrected chi connectivity index (χ0v) is 11.7. The Kier molecular flexibility index (Phi) is 3.65. The molecule has 0 saturated heterocycles. The highest BCUT2D eigenvalue weighted by Crippen LogP contribution is 2.35. The summed E-state index contributed by atoms with van der Waals surface area (Å²) in [6, 6.07) is 12.1. The molecule has 0 saturated carbocycles. The molecule has 0 radical (unpaired) electrons. The molecule has 112 valence electrons. The average molecular weight is 298 g/mol. The van der Waals surface area contributed by atoms with Gasteiger partial charge in [0, 0.05) is 5.69 Å². The summed E-state index contributed by atoms with van der Waals surface area (Å²) in [4.78, 5) is 23.6. The van der Waals surface area contributed by atoms with E-state index in [0.29, 0.717) is 28.3 Å². The number of benzene rings is 2. The van der Waals surface area contributed by atoms with Crippen LogP contribution in [-0.4, -0.2) is 18.6 Å². The number of primary amides is 1. The number of rotatable bonds is 4. The molecule has 0 fully saturated rings. The van der Waals surface area contributed by atoms with Crippen LogP contribution >= 0.6 is 0 Å². The Bertz CT molecular complexity index is 743. The molecule has 0 aromatic heterocycles. The first-order valence-electron chi connectivity index (χ1n) is 6.71. The second-order valence-electron chi connectivity index (χ2n) is 4.79. The lowest BCUT2D eigenvalue weighted by Crippen LogP contribution is -2.18. The van der Waals surface area contributed by atoms with E-state index in [0.717, 1.165) is 0 Å². The van der Waals surface area contributed by atoms with Crippen molar-refractivity contribution in [3.05, 3.63) is 53.6 Å². The highest BCUT2D eigenvalue weighted by atomic mass is 16.7. The van der Waals surface area contributed by atoms with Crippen molar-refractivity contribution in [2.75, 3.05) is 12.1 Å². The zero-order valence-electron chi connectivity index (χ0n) is 11.7. The van der Waals surface area contributed by atoms with Gasteiger partial charge in [-0.1, -0.05) is 24.3 Å². The Labute approximate surface area is 126 Å². The molecular formula is C16H14N2O4. The molecule has 1 aliphatic heterocycles. The van der Waals surface area contributed by atoms with E-state index in [1.165, 1.54) is 0 Å². The summed E-state index contributed by atoms with van der Waals surface area (Å²) >= 11 is 0. The van der Waals surface area contributed by atoms with Gasteiger partial charge in [0.05, 0.1) is 12.0 Å². The van der Waals surface area contributed by atoms with Crippen LogP contribution in [0.3, 0.4) is 0 Å². The summed E-state index contributed by atoms with van der Waals surface area (Å²) in [5.74, 6) is 0.170. The minimum atomic E-state index is -0.459. The van der Waals surface area contributed by atoms with E-state index in [2.05, 4.69) is 5.32 Å². The van der Waals surface area contributed by atoms with Crippen molar-refractivity contribution >= 4 is 17.5 Å². The molecular weight excluding hydrogens is 284 g/mol. The summed E-state index contributed by atoms with van der Waals surface area (Å²) in [6.07, 6.45) is 0.0585. The number of hydrogen-bond acceptors (Lipinski definition) is 4. The second-order valence-corrected chi connectivity index (χ2v) is 4.79. The number of carbonyl (C=O) groups excluding carboxylic acids is 2. The standard InChI is InChI=1S/C16H14N2O4/c17-14(19)8-10-4-1-2-6-12(10)18-16(20)11-5-3-7-13-15(11)22-9-21-13/h1-7H,8-9H2,(H2,17,19)(H,18,20). The van der Waals surface area contributed by atoms with Gasteiger partial charge in [-0.2, -0.15) is 0 Å². The topological polar surface area (TPSA) is 90.7 Å². The third-order valence-corrected chi connectivity index (χ3v) is 3.27. The van der Waals surface area contributed by atoms with Gasteiger partial charge >= 0.3 is 0 Å². The maximum atomic E-state index is 12.4. The van der Waals surface area contributed by atoms with Crippen LogP contribution in [0.15, 0.2) is 42.5 Å². The van der Waals surface area contributed by atoms with Crippen LogP contribution in [-0.2, 0) is 11.2 Å². The minimum Gasteiger partial charge on any atom is -0.454 e. The fourth-order valence-electron chi connectivity index (χ4n) is 2.28. The molecule has 0 aliphatic carbocycles. The van der Waals surface area contributed by atoms with Crippen molar-refractivity contribution in [2.45, 2.75) is 6.42 Å². The lowest BCUT2D eigenvalue weighted by molar-refractivity contribution is -0.117. The number of amides is 2. The molecule has 3 rings (SSSR count). The van der Waals surface area contributed by atoms with Gasteiger partial charge in [-0.15, -0.1) is 0 Å². The zero-order chi connectivity index (χ0) is 15.5. The van der Waals surface area contributed by atoms with E-state index < -0.39 is 5.91 Å². The maximum absolute atomic E-state index is 12.4. The van der Waals surface area contributed by atoms with Gasteiger partial charge in [0.15, 0.2) is 11.5 Å². The van der Waals surface area contributed by atoms with Gasteiger partial charge in [0.2, 0.25) is 12.7 Å². The van der Waals surface area contributed by atoms with Gasteiger partial charge in [-0.25, -0.2) is 0 Å². The summed E-state index contributed by atoms with van der Waals surface area (Å²) in [5, 5.41) is 2.78. The normalized spacial score (nSPS) is 12.0. The number of anilines is 1. The summed E-state index contributed by atoms with van der Waals surface area (Å²) in [6.45, 7) is 0.0951. The molecule has 0 spiro atoms. The fourth-order valence-corrected chi connectivity index (χ4v) is 2.28. The molecule has 6 nitrogen and oxygen atoms in total. The minimum absolute atomic E-state index is 0.0585. The van der Waals surface area contributed by atoms with Crippen molar-refractivity contribution < 1.29 is 19.1 Å². The Balaban J connectivity index is 1.87. The van der Waals surface area contributed by atoms with Crippen LogP contribution in [0.5, 0.6) is 11.5 Å². The third-order valence-electron chi connectivity index (χ3n) is 3.27. The van der Waals surface area contributed by atoms with Crippen LogP contribution in [0.2, 0.25) is 0 Å². The highest BCUT2D eigenvalue weighted by molar-refractivity contribution is 6.07. The first-order valence-corrected chi connectivity index (χ1v) is 6.71. The third kappa shape index (κ3) is 2.71. The summed E-state index contributed by atoms with van der Waals surface area (Å²) < 4.78 is 10.6. The van der Waals surface area contributed by atoms with E-state index in [4.69, 9.17) is 15.2 Å². The maximum Gasteiger partial charge on any atom is 0.259 e. The van der Waals surface area contributed by atoms with Gasteiger partial charge in [-0.05, 0) is 23.8 Å². The lowest BCUT2D eigenvalue weighted by atomic mass is 10.1. The monoisotopic (exact) mass is 298 g/mol. The first-order chi connectivity index (χ1) is 10.6. The number of ether oxygens (including phenoxy) is 2. The summed E-state index contributed by atoms with van der Waals surface area (Å²) in [7, 11) is 0. The quantitative estimate of drug-likeness (QED) is 0.898. The molecule has 2 amide bonds. The SMILES string of the molecule is NC(=O)Cc1ccccc1NC(=O)c1cccc2c1OCO2. The number of carbonyl (C=O) groups is 2. The molecule has 6 heteroatoms. The highest BCUT2D eigenvalue weighted by Gasteiger charge is 2.22. The van der Waals surface area contributed by atoms with Gasteiger partial charge in [0.25, 0.3) is 5.91 Å². The second kappa shape index (κ2) is 5.77. The number of para-hydroxylation sites is 2. The van der Waals surface area contributed by atoms with Crippen LogP contribution in [0.1, 0.15) is 15.9 Å². The number of hydrogen-bond donors (Lipinski definition) is 2. The van der Waals surface area contributed by atoms with E-state index >= 15 is 0 Å². The molecule has 1 aliphatic rings. The molecule has 0 atom stereocenters. The van der Waals surface area contributed by atoms with Gasteiger partial charge < -0.3 is 20.5 Å². The summed E-state index contributed by atoms with van der Waals surface area (Å²) in [5.41, 5.74) is 6.80. The molecule has 2 aromatic rings. The van der Waals surface area contributed by atoms with Gasteiger partial charge in [0.1, 0.15) is 0 Å². The van der Waals surface area contributed by atoms with Crippen molar-refractivity contribution in [3.8, 4) is 11.5 Å². The van der Waals surface area contributed by atoms with Crippen molar-refractivity contribution in [3.63, 3.8) is 0 Å². The first kappa shape index (κ1) is 13.9. The molecule has 22 heavy (non-hydrogen) atoms. The van der Waals surface area contributed by atoms with E-state index in [1.807, 2.05) is 0 Å². The molecule has 2 aromatic carbocycles. The Morgan fingerprint density at radius 3 is 2.73 bits per heavy atom. The average Bonchev–Trinajstić information content (AvgIpc) is 2.97. The number of nitrogens with two attached hydrogens (primary N) is 1. The smallest absolute Gasteiger partial charge is 0.259 e. The Morgan fingerprint density at radius 1 is 1.09 bits per heavy atom. The van der Waals surface area contributed by atoms with Crippen LogP contribution in [0, 0.1) is 0 Å². The van der Waals surface area contributed by atoms with Crippen molar-refractivity contribution in [1.82, 2.24) is 0 Å². The predicted molar refractivity (Wildman–Crippen MR) is 79.9 cm³/mol. The van der Waals surface area contributed by atoms with Gasteiger partial charge in [-0.3, -0.25) is 9.59 Å². The predicted octanol–water partition coefficient (Wildman–Crippen LogP) is 1.70. The van der Waals surface area contributed by atoms with Crippen molar-refractivity contribution in [2.24, 2.45) is 5.73 Å². The van der Waals surface area contributed by atoms with Crippen LogP contribution in [0.4, 0.5) is 5.69 Å². The number of fused-ring (bicyclic) bond motifs is 1. The van der Waals surface area contributed by atoms with E-state index in [9.17, 15) is 9.59 Å². The molecule has 1 heterocycles. The number of nitrogens with one attached hydrogen (secondary N) is 1. The Hall–Kier alpha value is -3.02. The largest absolute Gasteiger partial charge is 0.454 e.